The SMILES string of the molecule is CCOc1ccc(-c2ccc(=O)n(CCNS(=O)(=O)c3ccc(I)cc3)n2)cc1. The number of hydrogen-bond acceptors (Lipinski definition) is 5. The van der Waals surface area contributed by atoms with E-state index in [-0.39, 0.29) is 23.5 Å². The summed E-state index contributed by atoms with van der Waals surface area (Å²) in [6.07, 6.45) is 0. The number of benzene rings is 2. The van der Waals surface area contributed by atoms with Gasteiger partial charge >= 0.3 is 0 Å². The molecule has 1 heterocycles. The predicted octanol–water partition coefficient (Wildman–Crippen LogP) is 2.89. The fraction of sp³-hybridized carbons (Fsp3) is 0.200. The zero-order valence-corrected chi connectivity index (χ0v) is 18.7. The van der Waals surface area contributed by atoms with Gasteiger partial charge in [0.2, 0.25) is 10.0 Å². The molecular weight excluding hydrogens is 505 g/mol. The average Bonchev–Trinajstić information content (AvgIpc) is 2.70. The van der Waals surface area contributed by atoms with Gasteiger partial charge in [-0.25, -0.2) is 17.8 Å². The summed E-state index contributed by atoms with van der Waals surface area (Å²) < 4.78 is 34.8. The normalized spacial score (nSPS) is 11.4. The molecule has 0 bridgehead atoms. The number of aromatic nitrogens is 2. The molecule has 0 aliphatic heterocycles. The van der Waals surface area contributed by atoms with Gasteiger partial charge in [0.1, 0.15) is 5.75 Å². The summed E-state index contributed by atoms with van der Waals surface area (Å²) in [4.78, 5) is 12.3. The van der Waals surface area contributed by atoms with Crippen molar-refractivity contribution in [1.29, 1.82) is 0 Å². The molecule has 0 aliphatic rings. The first-order valence-corrected chi connectivity index (χ1v) is 11.5. The van der Waals surface area contributed by atoms with Crippen molar-refractivity contribution in [3.8, 4) is 17.0 Å². The van der Waals surface area contributed by atoms with Crippen molar-refractivity contribution in [3.05, 3.63) is 74.6 Å². The number of halogens is 1. The van der Waals surface area contributed by atoms with E-state index in [1.807, 2.05) is 31.2 Å². The van der Waals surface area contributed by atoms with Crippen molar-refractivity contribution in [2.45, 2.75) is 18.4 Å². The lowest BCUT2D eigenvalue weighted by Gasteiger charge is -2.10. The molecule has 3 rings (SSSR count). The second-order valence-corrected chi connectivity index (χ2v) is 9.10. The molecule has 9 heteroatoms. The summed E-state index contributed by atoms with van der Waals surface area (Å²) in [5.41, 5.74) is 1.16. The van der Waals surface area contributed by atoms with Gasteiger partial charge in [-0.05, 0) is 84.1 Å². The molecule has 0 saturated heterocycles. The molecule has 1 aromatic heterocycles. The zero-order valence-electron chi connectivity index (χ0n) is 15.7. The molecule has 0 spiro atoms. The van der Waals surface area contributed by atoms with Crippen LogP contribution in [0.25, 0.3) is 11.3 Å². The fourth-order valence-corrected chi connectivity index (χ4v) is 4.02. The number of nitrogens with zero attached hydrogens (tertiary/aromatic N) is 2. The van der Waals surface area contributed by atoms with Gasteiger partial charge in [-0.15, -0.1) is 0 Å². The Labute approximate surface area is 182 Å². The predicted molar refractivity (Wildman–Crippen MR) is 119 cm³/mol. The summed E-state index contributed by atoms with van der Waals surface area (Å²) >= 11 is 2.11. The topological polar surface area (TPSA) is 90.3 Å². The Kier molecular flexibility index (Phi) is 7.04. The second kappa shape index (κ2) is 9.51. The van der Waals surface area contributed by atoms with Crippen LogP contribution in [0, 0.1) is 3.57 Å². The molecular formula is C20H20IN3O4S. The van der Waals surface area contributed by atoms with Crippen molar-refractivity contribution in [2.75, 3.05) is 13.2 Å². The van der Waals surface area contributed by atoms with Crippen LogP contribution in [-0.4, -0.2) is 31.3 Å². The standard InChI is InChI=1S/C20H20IN3O4S/c1-2-28-17-7-3-15(4-8-17)19-11-12-20(25)24(23-19)14-13-22-29(26,27)18-9-5-16(21)6-10-18/h3-12,22H,2,13-14H2,1H3. The summed E-state index contributed by atoms with van der Waals surface area (Å²) in [7, 11) is -3.64. The van der Waals surface area contributed by atoms with Crippen LogP contribution >= 0.6 is 22.6 Å². The van der Waals surface area contributed by atoms with E-state index < -0.39 is 10.0 Å². The molecule has 0 atom stereocenters. The fourth-order valence-electron chi connectivity index (χ4n) is 2.63. The van der Waals surface area contributed by atoms with E-state index in [1.165, 1.54) is 10.7 Å². The molecule has 0 saturated carbocycles. The van der Waals surface area contributed by atoms with Gasteiger partial charge in [0.05, 0.1) is 23.7 Å². The molecule has 0 amide bonds. The number of nitrogens with one attached hydrogen (secondary N) is 1. The summed E-state index contributed by atoms with van der Waals surface area (Å²) in [5.74, 6) is 0.759. The van der Waals surface area contributed by atoms with Crippen LogP contribution in [0.1, 0.15) is 6.92 Å². The van der Waals surface area contributed by atoms with Crippen LogP contribution < -0.4 is 15.0 Å². The third-order valence-electron chi connectivity index (χ3n) is 4.07. The minimum absolute atomic E-state index is 0.0496. The lowest BCUT2D eigenvalue weighted by Crippen LogP contribution is -2.32. The number of sulfonamides is 1. The van der Waals surface area contributed by atoms with Crippen LogP contribution in [0.2, 0.25) is 0 Å². The maximum absolute atomic E-state index is 12.4. The molecule has 0 unspecified atom stereocenters. The highest BCUT2D eigenvalue weighted by atomic mass is 127. The monoisotopic (exact) mass is 525 g/mol. The van der Waals surface area contributed by atoms with Gasteiger partial charge in [-0.3, -0.25) is 4.79 Å². The summed E-state index contributed by atoms with van der Waals surface area (Å²) in [6.45, 7) is 2.67. The van der Waals surface area contributed by atoms with Crippen molar-refractivity contribution in [3.63, 3.8) is 0 Å². The summed E-state index contributed by atoms with van der Waals surface area (Å²) in [6, 6.07) is 17.0. The van der Waals surface area contributed by atoms with Crippen molar-refractivity contribution in [2.24, 2.45) is 0 Å². The highest BCUT2D eigenvalue weighted by Gasteiger charge is 2.13. The number of hydrogen-bond donors (Lipinski definition) is 1. The van der Waals surface area contributed by atoms with Gasteiger partial charge in [0.25, 0.3) is 5.56 Å². The van der Waals surface area contributed by atoms with Crippen molar-refractivity contribution < 1.29 is 13.2 Å². The first kappa shape index (κ1) is 21.5. The Hall–Kier alpha value is -2.24. The van der Waals surface area contributed by atoms with E-state index in [2.05, 4.69) is 32.4 Å². The van der Waals surface area contributed by atoms with E-state index in [0.29, 0.717) is 12.3 Å². The van der Waals surface area contributed by atoms with Gasteiger partial charge in [0.15, 0.2) is 0 Å². The first-order chi connectivity index (χ1) is 13.9. The highest BCUT2D eigenvalue weighted by molar-refractivity contribution is 14.1. The zero-order chi connectivity index (χ0) is 20.9. The van der Waals surface area contributed by atoms with E-state index >= 15 is 0 Å². The van der Waals surface area contributed by atoms with Crippen LogP contribution in [0.5, 0.6) is 5.75 Å². The minimum Gasteiger partial charge on any atom is -0.494 e. The Morgan fingerprint density at radius 2 is 1.72 bits per heavy atom. The van der Waals surface area contributed by atoms with E-state index in [9.17, 15) is 13.2 Å². The van der Waals surface area contributed by atoms with Crippen molar-refractivity contribution in [1.82, 2.24) is 14.5 Å². The Bertz CT molecular complexity index is 1130. The largest absolute Gasteiger partial charge is 0.494 e. The summed E-state index contributed by atoms with van der Waals surface area (Å²) in [5, 5.41) is 4.35. The minimum atomic E-state index is -3.64. The molecule has 1 N–H and O–H groups in total. The quantitative estimate of drug-likeness (QED) is 0.457. The number of ether oxygens (including phenoxy) is 1. The van der Waals surface area contributed by atoms with E-state index in [0.717, 1.165) is 14.9 Å². The molecule has 0 radical (unpaired) electrons. The first-order valence-electron chi connectivity index (χ1n) is 8.96. The van der Waals surface area contributed by atoms with Crippen LogP contribution in [0.4, 0.5) is 0 Å². The van der Waals surface area contributed by atoms with E-state index in [4.69, 9.17) is 4.74 Å². The molecule has 0 fully saturated rings. The van der Waals surface area contributed by atoms with Gasteiger partial charge in [0, 0.05) is 21.7 Å². The van der Waals surface area contributed by atoms with Crippen LogP contribution in [0.15, 0.2) is 70.4 Å². The smallest absolute Gasteiger partial charge is 0.266 e. The molecule has 0 aliphatic carbocycles. The molecule has 29 heavy (non-hydrogen) atoms. The third-order valence-corrected chi connectivity index (χ3v) is 6.26. The van der Waals surface area contributed by atoms with Crippen LogP contribution in [0.3, 0.4) is 0 Å². The molecule has 3 aromatic rings. The lowest BCUT2D eigenvalue weighted by atomic mass is 10.1. The van der Waals surface area contributed by atoms with Gasteiger partial charge < -0.3 is 4.74 Å². The second-order valence-electron chi connectivity index (χ2n) is 6.09. The Morgan fingerprint density at radius 3 is 2.38 bits per heavy atom. The Balaban J connectivity index is 1.70. The molecule has 2 aromatic carbocycles. The molecule has 152 valence electrons. The highest BCUT2D eigenvalue weighted by Crippen LogP contribution is 2.19. The third kappa shape index (κ3) is 5.64. The maximum atomic E-state index is 12.4. The Morgan fingerprint density at radius 1 is 1.03 bits per heavy atom. The maximum Gasteiger partial charge on any atom is 0.266 e. The van der Waals surface area contributed by atoms with E-state index in [1.54, 1.807) is 30.3 Å². The van der Waals surface area contributed by atoms with Crippen LogP contribution in [-0.2, 0) is 16.6 Å². The number of rotatable bonds is 8. The average molecular weight is 525 g/mol. The van der Waals surface area contributed by atoms with Gasteiger partial charge in [-0.1, -0.05) is 0 Å². The molecule has 7 nitrogen and oxygen atoms in total. The lowest BCUT2D eigenvalue weighted by molar-refractivity contribution is 0.340. The van der Waals surface area contributed by atoms with Crippen molar-refractivity contribution >= 4 is 32.6 Å². The van der Waals surface area contributed by atoms with Gasteiger partial charge in [-0.2, -0.15) is 5.10 Å².